The van der Waals surface area contributed by atoms with Gasteiger partial charge in [-0.2, -0.15) is 0 Å². The van der Waals surface area contributed by atoms with E-state index >= 15 is 0 Å². The quantitative estimate of drug-likeness (QED) is 0.271. The van der Waals surface area contributed by atoms with E-state index in [4.69, 9.17) is 21.9 Å². The first-order valence-corrected chi connectivity index (χ1v) is 6.14. The van der Waals surface area contributed by atoms with Gasteiger partial charge in [-0.1, -0.05) is 32.6 Å². The van der Waals surface area contributed by atoms with Gasteiger partial charge in [-0.15, -0.1) is 0 Å². The molecule has 0 aliphatic rings. The van der Waals surface area contributed by atoms with Crippen LogP contribution in [-0.4, -0.2) is 12.6 Å². The zero-order chi connectivity index (χ0) is 13.5. The average molecular weight is 331 g/mol. The van der Waals surface area contributed by atoms with Gasteiger partial charge in [-0.3, -0.25) is 0 Å². The molecule has 0 heterocycles. The summed E-state index contributed by atoms with van der Waals surface area (Å²) in [7, 11) is 0. The highest BCUT2D eigenvalue weighted by atomic mass is 79.9. The number of hydrogen-bond donors (Lipinski definition) is 0. The van der Waals surface area contributed by atoms with E-state index in [-0.39, 0.29) is 12.3 Å². The van der Waals surface area contributed by atoms with Crippen molar-refractivity contribution in [3.8, 4) is 0 Å². The van der Waals surface area contributed by atoms with E-state index in [0.717, 1.165) is 4.47 Å². The lowest BCUT2D eigenvalue weighted by Gasteiger charge is -2.03. The van der Waals surface area contributed by atoms with Gasteiger partial charge >= 0.3 is 5.97 Å². The number of rotatable bonds is 4. The number of hydrogen-bond acceptors (Lipinski definition) is 3. The number of halogens is 2. The van der Waals surface area contributed by atoms with Gasteiger partial charge in [0.05, 0.1) is 6.61 Å². The monoisotopic (exact) mass is 329 g/mol. The fraction of sp³-hybridized carbons (Fsp3) is 0.182. The van der Waals surface area contributed by atoms with Crippen molar-refractivity contribution in [2.24, 2.45) is 5.11 Å². The summed E-state index contributed by atoms with van der Waals surface area (Å²) < 4.78 is 5.50. The van der Waals surface area contributed by atoms with Gasteiger partial charge in [-0.05, 0) is 42.3 Å². The van der Waals surface area contributed by atoms with Crippen LogP contribution in [0.25, 0.3) is 16.5 Å². The second kappa shape index (κ2) is 7.06. The first-order valence-electron chi connectivity index (χ1n) is 4.97. The topological polar surface area (TPSA) is 75.1 Å². The van der Waals surface area contributed by atoms with Crippen LogP contribution in [0.15, 0.2) is 33.5 Å². The molecule has 0 saturated heterocycles. The number of benzene rings is 1. The van der Waals surface area contributed by atoms with Crippen LogP contribution < -0.4 is 0 Å². The van der Waals surface area contributed by atoms with E-state index in [1.807, 2.05) is 0 Å². The normalized spacial score (nSPS) is 10.7. The van der Waals surface area contributed by atoms with Crippen LogP contribution in [0.3, 0.4) is 0 Å². The van der Waals surface area contributed by atoms with E-state index in [2.05, 4.69) is 26.0 Å². The highest BCUT2D eigenvalue weighted by Crippen LogP contribution is 2.24. The van der Waals surface area contributed by atoms with Crippen LogP contribution in [0.2, 0.25) is 5.02 Å². The molecule has 5 nitrogen and oxygen atoms in total. The van der Waals surface area contributed by atoms with Crippen molar-refractivity contribution in [1.29, 1.82) is 0 Å². The molecule has 94 valence electrons. The van der Waals surface area contributed by atoms with Crippen LogP contribution in [0.1, 0.15) is 12.5 Å². The van der Waals surface area contributed by atoms with Crippen LogP contribution in [0.4, 0.5) is 0 Å². The zero-order valence-corrected chi connectivity index (χ0v) is 11.8. The van der Waals surface area contributed by atoms with E-state index in [1.54, 1.807) is 25.1 Å². The molecule has 0 radical (unpaired) electrons. The third-order valence-corrected chi connectivity index (χ3v) is 2.84. The van der Waals surface area contributed by atoms with Crippen molar-refractivity contribution in [3.63, 3.8) is 0 Å². The van der Waals surface area contributed by atoms with Gasteiger partial charge in [0.15, 0.2) is 0 Å². The number of carbonyl (C=O) groups is 1. The smallest absolute Gasteiger partial charge is 0.340 e. The van der Waals surface area contributed by atoms with Crippen LogP contribution in [-0.2, 0) is 9.53 Å². The van der Waals surface area contributed by atoms with Gasteiger partial charge < -0.3 is 4.74 Å². The van der Waals surface area contributed by atoms with Crippen LogP contribution >= 0.6 is 27.5 Å². The molecule has 0 amide bonds. The Hall–Kier alpha value is -1.49. The summed E-state index contributed by atoms with van der Waals surface area (Å²) >= 11 is 9.16. The maximum Gasteiger partial charge on any atom is 0.340 e. The van der Waals surface area contributed by atoms with Gasteiger partial charge in [0.25, 0.3) is 0 Å². The molecule has 1 aromatic carbocycles. The third kappa shape index (κ3) is 4.07. The SMILES string of the molecule is CCOC(=O)/C(=C\c1cc(Cl)ccc1Br)N=[N+]=[N-]. The lowest BCUT2D eigenvalue weighted by molar-refractivity contribution is -0.138. The fourth-order valence-corrected chi connectivity index (χ4v) is 1.70. The molecule has 0 aliphatic heterocycles. The van der Waals surface area contributed by atoms with Crippen molar-refractivity contribution in [1.82, 2.24) is 0 Å². The molecule has 7 heteroatoms. The number of carbonyl (C=O) groups excluding carboxylic acids is 1. The van der Waals surface area contributed by atoms with E-state index in [1.165, 1.54) is 6.08 Å². The molecular formula is C11H9BrClN3O2. The van der Waals surface area contributed by atoms with E-state index in [0.29, 0.717) is 10.6 Å². The molecule has 0 fully saturated rings. The Morgan fingerprint density at radius 1 is 1.67 bits per heavy atom. The van der Waals surface area contributed by atoms with E-state index in [9.17, 15) is 4.79 Å². The molecule has 0 N–H and O–H groups in total. The maximum atomic E-state index is 11.5. The molecule has 0 unspecified atom stereocenters. The molecule has 0 spiro atoms. The Bertz CT molecular complexity index is 539. The summed E-state index contributed by atoms with van der Waals surface area (Å²) in [4.78, 5) is 14.1. The lowest BCUT2D eigenvalue weighted by Crippen LogP contribution is -2.05. The molecule has 0 aromatic heterocycles. The zero-order valence-electron chi connectivity index (χ0n) is 9.43. The summed E-state index contributed by atoms with van der Waals surface area (Å²) in [6.45, 7) is 1.87. The Kier molecular flexibility index (Phi) is 5.71. The summed E-state index contributed by atoms with van der Waals surface area (Å²) in [6.07, 6.45) is 1.41. The number of nitrogens with zero attached hydrogens (tertiary/aromatic N) is 3. The molecule has 1 rings (SSSR count). The highest BCUT2D eigenvalue weighted by molar-refractivity contribution is 9.10. The lowest BCUT2D eigenvalue weighted by atomic mass is 10.2. The first kappa shape index (κ1) is 14.6. The molecule has 0 aliphatic carbocycles. The summed E-state index contributed by atoms with van der Waals surface area (Å²) in [5.74, 6) is -0.679. The molecule has 18 heavy (non-hydrogen) atoms. The maximum absolute atomic E-state index is 11.5. The molecule has 0 saturated carbocycles. The Morgan fingerprint density at radius 2 is 2.39 bits per heavy atom. The minimum absolute atomic E-state index is 0.123. The second-order valence-corrected chi connectivity index (χ2v) is 4.40. The second-order valence-electron chi connectivity index (χ2n) is 3.11. The minimum Gasteiger partial charge on any atom is -0.462 e. The predicted molar refractivity (Wildman–Crippen MR) is 72.9 cm³/mol. The van der Waals surface area contributed by atoms with E-state index < -0.39 is 5.97 Å². The number of esters is 1. The molecule has 0 atom stereocenters. The Balaban J connectivity index is 3.19. The Morgan fingerprint density at radius 3 is 3.00 bits per heavy atom. The van der Waals surface area contributed by atoms with Gasteiger partial charge in [0.1, 0.15) is 5.70 Å². The van der Waals surface area contributed by atoms with Gasteiger partial charge in [0, 0.05) is 14.4 Å². The van der Waals surface area contributed by atoms with Crippen LogP contribution in [0.5, 0.6) is 0 Å². The summed E-state index contributed by atoms with van der Waals surface area (Å²) in [6, 6.07) is 5.06. The molecule has 0 bridgehead atoms. The number of azide groups is 1. The van der Waals surface area contributed by atoms with Crippen molar-refractivity contribution in [2.45, 2.75) is 6.92 Å². The first-order chi connectivity index (χ1) is 8.58. The van der Waals surface area contributed by atoms with Crippen LogP contribution in [0, 0.1) is 0 Å². The Labute approximate surface area is 117 Å². The molecule has 1 aromatic rings. The van der Waals surface area contributed by atoms with Crippen molar-refractivity contribution >= 4 is 39.6 Å². The standard InChI is InChI=1S/C11H9BrClN3O2/c1-2-18-11(17)10(15-16-14)6-7-5-8(13)3-4-9(7)12/h3-6H,2H2,1H3/b10-6+. The summed E-state index contributed by atoms with van der Waals surface area (Å²) in [5.41, 5.74) is 8.93. The highest BCUT2D eigenvalue weighted by Gasteiger charge is 2.09. The number of ether oxygens (including phenoxy) is 1. The minimum atomic E-state index is -0.679. The van der Waals surface area contributed by atoms with Gasteiger partial charge in [-0.25, -0.2) is 4.79 Å². The largest absolute Gasteiger partial charge is 0.462 e. The average Bonchev–Trinajstić information content (AvgIpc) is 2.33. The molecular weight excluding hydrogens is 321 g/mol. The summed E-state index contributed by atoms with van der Waals surface area (Å²) in [5, 5.41) is 3.82. The fourth-order valence-electron chi connectivity index (χ4n) is 1.15. The van der Waals surface area contributed by atoms with Crippen molar-refractivity contribution in [2.75, 3.05) is 6.61 Å². The van der Waals surface area contributed by atoms with Crippen molar-refractivity contribution < 1.29 is 9.53 Å². The van der Waals surface area contributed by atoms with Crippen molar-refractivity contribution in [3.05, 3.63) is 49.4 Å². The third-order valence-electron chi connectivity index (χ3n) is 1.89. The van der Waals surface area contributed by atoms with Gasteiger partial charge in [0.2, 0.25) is 0 Å². The predicted octanol–water partition coefficient (Wildman–Crippen LogP) is 4.32.